The molecule has 1 rings (SSSR count). The van der Waals surface area contributed by atoms with Gasteiger partial charge >= 0.3 is 0 Å². The molecule has 2 unspecified atom stereocenters. The van der Waals surface area contributed by atoms with E-state index in [4.69, 9.17) is 10.5 Å². The van der Waals surface area contributed by atoms with E-state index in [1.807, 2.05) is 6.92 Å². The molecule has 0 bridgehead atoms. The molecule has 0 saturated heterocycles. The summed E-state index contributed by atoms with van der Waals surface area (Å²) in [6.45, 7) is 10.3. The van der Waals surface area contributed by atoms with Crippen LogP contribution in [-0.4, -0.2) is 19.3 Å². The van der Waals surface area contributed by atoms with Crippen molar-refractivity contribution >= 4 is 0 Å². The van der Waals surface area contributed by atoms with Crippen molar-refractivity contribution in [3.05, 3.63) is 0 Å². The summed E-state index contributed by atoms with van der Waals surface area (Å²) in [5, 5.41) is 0. The van der Waals surface area contributed by atoms with Gasteiger partial charge in [0.25, 0.3) is 0 Å². The minimum atomic E-state index is 0.248. The first-order chi connectivity index (χ1) is 5.48. The first-order valence-corrected chi connectivity index (χ1v) is 4.79. The van der Waals surface area contributed by atoms with E-state index in [0.29, 0.717) is 17.4 Å². The van der Waals surface area contributed by atoms with Crippen molar-refractivity contribution in [3.8, 4) is 0 Å². The standard InChI is InChI=1S/C10H21NO/c1-5-12-8(6-11)10(4)7-9(10,2)3/h8H,5-7,11H2,1-4H3. The molecule has 1 saturated carbocycles. The van der Waals surface area contributed by atoms with Gasteiger partial charge in [0.1, 0.15) is 0 Å². The van der Waals surface area contributed by atoms with E-state index < -0.39 is 0 Å². The number of ether oxygens (including phenoxy) is 1. The van der Waals surface area contributed by atoms with Gasteiger partial charge < -0.3 is 10.5 Å². The molecule has 2 atom stereocenters. The van der Waals surface area contributed by atoms with Crippen LogP contribution in [0.1, 0.15) is 34.1 Å². The van der Waals surface area contributed by atoms with Gasteiger partial charge in [-0.3, -0.25) is 0 Å². The second-order valence-corrected chi connectivity index (χ2v) is 4.66. The molecule has 12 heavy (non-hydrogen) atoms. The Bertz CT molecular complexity index is 167. The molecule has 0 aromatic heterocycles. The van der Waals surface area contributed by atoms with Crippen LogP contribution in [0.2, 0.25) is 0 Å². The molecule has 2 heteroatoms. The molecule has 1 aliphatic carbocycles. The molecule has 0 radical (unpaired) electrons. The SMILES string of the molecule is CCOC(CN)C1(C)CC1(C)C. The van der Waals surface area contributed by atoms with Gasteiger partial charge in [0.05, 0.1) is 6.10 Å². The van der Waals surface area contributed by atoms with Gasteiger partial charge in [-0.2, -0.15) is 0 Å². The van der Waals surface area contributed by atoms with Crippen LogP contribution in [0, 0.1) is 10.8 Å². The lowest BCUT2D eigenvalue weighted by atomic mass is 9.92. The quantitative estimate of drug-likeness (QED) is 0.700. The molecule has 0 heterocycles. The van der Waals surface area contributed by atoms with E-state index in [9.17, 15) is 0 Å². The van der Waals surface area contributed by atoms with Crippen molar-refractivity contribution < 1.29 is 4.74 Å². The third-order valence-corrected chi connectivity index (χ3v) is 3.52. The number of hydrogen-bond donors (Lipinski definition) is 1. The van der Waals surface area contributed by atoms with Crippen molar-refractivity contribution in [1.82, 2.24) is 0 Å². The van der Waals surface area contributed by atoms with Crippen LogP contribution >= 0.6 is 0 Å². The van der Waals surface area contributed by atoms with Gasteiger partial charge in [-0.05, 0) is 18.8 Å². The van der Waals surface area contributed by atoms with Crippen molar-refractivity contribution in [2.75, 3.05) is 13.2 Å². The maximum absolute atomic E-state index is 5.68. The van der Waals surface area contributed by atoms with Crippen LogP contribution in [0.3, 0.4) is 0 Å². The molecular weight excluding hydrogens is 150 g/mol. The lowest BCUT2D eigenvalue weighted by molar-refractivity contribution is 0.00875. The summed E-state index contributed by atoms with van der Waals surface area (Å²) in [5.74, 6) is 0. The lowest BCUT2D eigenvalue weighted by Crippen LogP contribution is -2.34. The van der Waals surface area contributed by atoms with E-state index in [1.54, 1.807) is 0 Å². The first-order valence-electron chi connectivity index (χ1n) is 4.79. The van der Waals surface area contributed by atoms with E-state index >= 15 is 0 Å². The summed E-state index contributed by atoms with van der Waals surface area (Å²) >= 11 is 0. The van der Waals surface area contributed by atoms with Crippen LogP contribution in [0.25, 0.3) is 0 Å². The zero-order valence-electron chi connectivity index (χ0n) is 8.68. The minimum absolute atomic E-state index is 0.248. The fourth-order valence-electron chi connectivity index (χ4n) is 2.14. The Balaban J connectivity index is 2.56. The van der Waals surface area contributed by atoms with Crippen molar-refractivity contribution in [2.45, 2.75) is 40.2 Å². The maximum atomic E-state index is 5.68. The van der Waals surface area contributed by atoms with E-state index in [-0.39, 0.29) is 6.10 Å². The summed E-state index contributed by atoms with van der Waals surface area (Å²) in [6.07, 6.45) is 1.49. The van der Waals surface area contributed by atoms with Gasteiger partial charge in [0, 0.05) is 18.6 Å². The zero-order valence-corrected chi connectivity index (χ0v) is 8.68. The highest BCUT2D eigenvalue weighted by Crippen LogP contribution is 2.65. The molecule has 0 spiro atoms. The zero-order chi connectivity index (χ0) is 9.41. The van der Waals surface area contributed by atoms with Crippen LogP contribution in [0.4, 0.5) is 0 Å². The van der Waals surface area contributed by atoms with Crippen LogP contribution in [0.15, 0.2) is 0 Å². The average Bonchev–Trinajstić information content (AvgIpc) is 2.47. The smallest absolute Gasteiger partial charge is 0.0755 e. The van der Waals surface area contributed by atoms with Gasteiger partial charge in [-0.15, -0.1) is 0 Å². The lowest BCUT2D eigenvalue weighted by Gasteiger charge is -2.25. The Morgan fingerprint density at radius 2 is 1.92 bits per heavy atom. The van der Waals surface area contributed by atoms with Crippen LogP contribution < -0.4 is 5.73 Å². The molecule has 0 aromatic carbocycles. The Kier molecular flexibility index (Phi) is 2.50. The Labute approximate surface area is 75.5 Å². The Morgan fingerprint density at radius 1 is 1.42 bits per heavy atom. The van der Waals surface area contributed by atoms with E-state index in [2.05, 4.69) is 20.8 Å². The number of rotatable bonds is 4. The molecule has 72 valence electrons. The summed E-state index contributed by atoms with van der Waals surface area (Å²) < 4.78 is 5.63. The second-order valence-electron chi connectivity index (χ2n) is 4.66. The largest absolute Gasteiger partial charge is 0.377 e. The highest BCUT2D eigenvalue weighted by molar-refractivity contribution is 5.11. The van der Waals surface area contributed by atoms with Crippen molar-refractivity contribution in [1.29, 1.82) is 0 Å². The van der Waals surface area contributed by atoms with Gasteiger partial charge in [-0.25, -0.2) is 0 Å². The maximum Gasteiger partial charge on any atom is 0.0755 e. The third-order valence-electron chi connectivity index (χ3n) is 3.52. The number of hydrogen-bond acceptors (Lipinski definition) is 2. The van der Waals surface area contributed by atoms with Crippen molar-refractivity contribution in [3.63, 3.8) is 0 Å². The summed E-state index contributed by atoms with van der Waals surface area (Å²) in [7, 11) is 0. The monoisotopic (exact) mass is 171 g/mol. The summed E-state index contributed by atoms with van der Waals surface area (Å²) in [6, 6.07) is 0. The average molecular weight is 171 g/mol. The fourth-order valence-corrected chi connectivity index (χ4v) is 2.14. The molecular formula is C10H21NO. The molecule has 2 N–H and O–H groups in total. The molecule has 0 aromatic rings. The van der Waals surface area contributed by atoms with Gasteiger partial charge in [0.2, 0.25) is 0 Å². The van der Waals surface area contributed by atoms with E-state index in [1.165, 1.54) is 6.42 Å². The third kappa shape index (κ3) is 1.38. The normalized spacial score (nSPS) is 34.8. The molecule has 2 nitrogen and oxygen atoms in total. The molecule has 0 amide bonds. The van der Waals surface area contributed by atoms with Gasteiger partial charge in [-0.1, -0.05) is 20.8 Å². The van der Waals surface area contributed by atoms with Gasteiger partial charge in [0.15, 0.2) is 0 Å². The van der Waals surface area contributed by atoms with Crippen LogP contribution in [-0.2, 0) is 4.74 Å². The Hall–Kier alpha value is -0.0800. The predicted molar refractivity (Wildman–Crippen MR) is 51.0 cm³/mol. The molecule has 0 aliphatic heterocycles. The highest BCUT2D eigenvalue weighted by Gasteiger charge is 2.61. The Morgan fingerprint density at radius 3 is 2.17 bits per heavy atom. The summed E-state index contributed by atoms with van der Waals surface area (Å²) in [4.78, 5) is 0. The highest BCUT2D eigenvalue weighted by atomic mass is 16.5. The summed E-state index contributed by atoms with van der Waals surface area (Å²) in [5.41, 5.74) is 6.42. The fraction of sp³-hybridized carbons (Fsp3) is 1.00. The predicted octanol–water partition coefficient (Wildman–Crippen LogP) is 1.79. The topological polar surface area (TPSA) is 35.2 Å². The van der Waals surface area contributed by atoms with E-state index in [0.717, 1.165) is 6.61 Å². The minimum Gasteiger partial charge on any atom is -0.377 e. The molecule has 1 fully saturated rings. The van der Waals surface area contributed by atoms with Crippen LogP contribution in [0.5, 0.6) is 0 Å². The second kappa shape index (κ2) is 3.00. The molecule has 1 aliphatic rings. The first kappa shape index (κ1) is 10.0. The number of nitrogens with two attached hydrogens (primary N) is 1. The van der Waals surface area contributed by atoms with Crippen molar-refractivity contribution in [2.24, 2.45) is 16.6 Å².